The molecule has 0 spiro atoms. The molecule has 2 heteroatoms. The molecule has 1 atom stereocenters. The molecule has 20 heavy (non-hydrogen) atoms. The number of rotatable bonds is 5. The van der Waals surface area contributed by atoms with E-state index >= 15 is 0 Å². The predicted molar refractivity (Wildman–Crippen MR) is 84.4 cm³/mol. The average molecular weight is 269 g/mol. The molecular formula is C18H23NO. The first kappa shape index (κ1) is 14.6. The summed E-state index contributed by atoms with van der Waals surface area (Å²) in [7, 11) is 1.72. The zero-order chi connectivity index (χ0) is 14.5. The average Bonchev–Trinajstić information content (AvgIpc) is 2.48. The lowest BCUT2D eigenvalue weighted by Crippen LogP contribution is -2.22. The topological polar surface area (TPSA) is 21.3 Å². The summed E-state index contributed by atoms with van der Waals surface area (Å²) in [5.41, 5.74) is 5.10. The summed E-state index contributed by atoms with van der Waals surface area (Å²) in [6, 6.07) is 15.0. The molecular weight excluding hydrogens is 246 g/mol. The Morgan fingerprint density at radius 2 is 1.80 bits per heavy atom. The zero-order valence-corrected chi connectivity index (χ0v) is 12.7. The van der Waals surface area contributed by atoms with Crippen molar-refractivity contribution >= 4 is 0 Å². The second-order valence-electron chi connectivity index (χ2n) is 5.08. The molecule has 1 unspecified atom stereocenters. The van der Waals surface area contributed by atoms with Gasteiger partial charge in [0.1, 0.15) is 5.75 Å². The van der Waals surface area contributed by atoms with Crippen LogP contribution in [0.1, 0.15) is 35.2 Å². The van der Waals surface area contributed by atoms with Crippen molar-refractivity contribution in [2.75, 3.05) is 13.7 Å². The Morgan fingerprint density at radius 3 is 2.45 bits per heavy atom. The second-order valence-corrected chi connectivity index (χ2v) is 5.08. The highest BCUT2D eigenvalue weighted by Gasteiger charge is 2.17. The van der Waals surface area contributed by atoms with Crippen molar-refractivity contribution in [2.45, 2.75) is 26.8 Å². The van der Waals surface area contributed by atoms with Crippen LogP contribution in [0.2, 0.25) is 0 Å². The maximum atomic E-state index is 5.51. The molecule has 0 aliphatic heterocycles. The molecule has 2 aromatic rings. The number of aryl methyl sites for hydroxylation is 2. The van der Waals surface area contributed by atoms with Crippen molar-refractivity contribution in [3.8, 4) is 5.75 Å². The van der Waals surface area contributed by atoms with Crippen LogP contribution in [0.4, 0.5) is 0 Å². The largest absolute Gasteiger partial charge is 0.496 e. The fraction of sp³-hybridized carbons (Fsp3) is 0.333. The van der Waals surface area contributed by atoms with Gasteiger partial charge in [0.05, 0.1) is 13.2 Å². The molecule has 0 aromatic heterocycles. The van der Waals surface area contributed by atoms with E-state index in [4.69, 9.17) is 4.74 Å². The van der Waals surface area contributed by atoms with Crippen LogP contribution in [0.3, 0.4) is 0 Å². The molecule has 0 aliphatic carbocycles. The van der Waals surface area contributed by atoms with Crippen LogP contribution >= 0.6 is 0 Å². The standard InChI is InChI=1S/C18H23NO/c1-5-19-18(15-11-10-13(2)14(3)12-15)16-8-6-7-9-17(16)20-4/h6-12,18-19H,5H2,1-4H3. The number of hydrogen-bond donors (Lipinski definition) is 1. The molecule has 2 rings (SSSR count). The minimum atomic E-state index is 0.162. The quantitative estimate of drug-likeness (QED) is 0.885. The Kier molecular flexibility index (Phi) is 4.80. The molecule has 0 saturated carbocycles. The third-order valence-electron chi connectivity index (χ3n) is 3.72. The van der Waals surface area contributed by atoms with E-state index in [-0.39, 0.29) is 6.04 Å². The summed E-state index contributed by atoms with van der Waals surface area (Å²) >= 11 is 0. The van der Waals surface area contributed by atoms with E-state index in [2.05, 4.69) is 56.4 Å². The van der Waals surface area contributed by atoms with Gasteiger partial charge in [0.25, 0.3) is 0 Å². The molecule has 106 valence electrons. The summed E-state index contributed by atoms with van der Waals surface area (Å²) in [6.07, 6.45) is 0. The molecule has 0 bridgehead atoms. The molecule has 1 N–H and O–H groups in total. The summed E-state index contributed by atoms with van der Waals surface area (Å²) in [4.78, 5) is 0. The second kappa shape index (κ2) is 6.58. The van der Waals surface area contributed by atoms with E-state index in [1.54, 1.807) is 7.11 Å². The van der Waals surface area contributed by atoms with Crippen LogP contribution in [0, 0.1) is 13.8 Å². The summed E-state index contributed by atoms with van der Waals surface area (Å²) in [6.45, 7) is 7.34. The third kappa shape index (κ3) is 3.02. The fourth-order valence-corrected chi connectivity index (χ4v) is 2.46. The lowest BCUT2D eigenvalue weighted by molar-refractivity contribution is 0.404. The fourth-order valence-electron chi connectivity index (χ4n) is 2.46. The van der Waals surface area contributed by atoms with Gasteiger partial charge in [-0.1, -0.05) is 43.3 Å². The van der Waals surface area contributed by atoms with Gasteiger partial charge in [0, 0.05) is 5.56 Å². The van der Waals surface area contributed by atoms with Crippen LogP contribution in [-0.4, -0.2) is 13.7 Å². The molecule has 0 radical (unpaired) electrons. The predicted octanol–water partition coefficient (Wildman–Crippen LogP) is 4.01. The number of benzene rings is 2. The van der Waals surface area contributed by atoms with Crippen molar-refractivity contribution in [3.05, 3.63) is 64.7 Å². The minimum Gasteiger partial charge on any atom is -0.496 e. The maximum Gasteiger partial charge on any atom is 0.123 e. The lowest BCUT2D eigenvalue weighted by Gasteiger charge is -2.22. The van der Waals surface area contributed by atoms with Crippen LogP contribution in [0.15, 0.2) is 42.5 Å². The van der Waals surface area contributed by atoms with Gasteiger partial charge in [0.2, 0.25) is 0 Å². The molecule has 2 aromatic carbocycles. The maximum absolute atomic E-state index is 5.51. The molecule has 0 heterocycles. The van der Waals surface area contributed by atoms with Crippen LogP contribution < -0.4 is 10.1 Å². The lowest BCUT2D eigenvalue weighted by atomic mass is 9.95. The van der Waals surface area contributed by atoms with Crippen LogP contribution in [-0.2, 0) is 0 Å². The smallest absolute Gasteiger partial charge is 0.123 e. The summed E-state index contributed by atoms with van der Waals surface area (Å²) in [5, 5.41) is 3.56. The van der Waals surface area contributed by atoms with Gasteiger partial charge in [-0.2, -0.15) is 0 Å². The Labute approximate surface area is 121 Å². The molecule has 0 fully saturated rings. The van der Waals surface area contributed by atoms with Gasteiger partial charge in [-0.25, -0.2) is 0 Å². The van der Waals surface area contributed by atoms with Crippen molar-refractivity contribution in [3.63, 3.8) is 0 Å². The Balaban J connectivity index is 2.47. The van der Waals surface area contributed by atoms with Gasteiger partial charge >= 0.3 is 0 Å². The highest BCUT2D eigenvalue weighted by molar-refractivity contribution is 5.43. The number of nitrogens with one attached hydrogen (secondary N) is 1. The van der Waals surface area contributed by atoms with Crippen molar-refractivity contribution in [2.24, 2.45) is 0 Å². The minimum absolute atomic E-state index is 0.162. The number of hydrogen-bond acceptors (Lipinski definition) is 2. The third-order valence-corrected chi connectivity index (χ3v) is 3.72. The zero-order valence-electron chi connectivity index (χ0n) is 12.7. The molecule has 0 amide bonds. The summed E-state index contributed by atoms with van der Waals surface area (Å²) < 4.78 is 5.51. The van der Waals surface area contributed by atoms with Gasteiger partial charge < -0.3 is 10.1 Å². The van der Waals surface area contributed by atoms with Crippen LogP contribution in [0.5, 0.6) is 5.75 Å². The number of methoxy groups -OCH3 is 1. The first-order valence-electron chi connectivity index (χ1n) is 7.10. The van der Waals surface area contributed by atoms with Gasteiger partial charge in [-0.15, -0.1) is 0 Å². The normalized spacial score (nSPS) is 12.2. The number of para-hydroxylation sites is 1. The van der Waals surface area contributed by atoms with E-state index in [1.165, 1.54) is 22.3 Å². The van der Waals surface area contributed by atoms with Crippen molar-refractivity contribution < 1.29 is 4.74 Å². The molecule has 0 saturated heterocycles. The highest BCUT2D eigenvalue weighted by Crippen LogP contribution is 2.30. The first-order chi connectivity index (χ1) is 9.67. The van der Waals surface area contributed by atoms with Crippen LogP contribution in [0.25, 0.3) is 0 Å². The monoisotopic (exact) mass is 269 g/mol. The van der Waals surface area contributed by atoms with Gasteiger partial charge in [-0.05, 0) is 43.1 Å². The van der Waals surface area contributed by atoms with E-state index in [1.807, 2.05) is 12.1 Å². The first-order valence-corrected chi connectivity index (χ1v) is 7.10. The Hall–Kier alpha value is -1.80. The van der Waals surface area contributed by atoms with Crippen molar-refractivity contribution in [1.82, 2.24) is 5.32 Å². The molecule has 2 nitrogen and oxygen atoms in total. The van der Waals surface area contributed by atoms with E-state index in [0.29, 0.717) is 0 Å². The Bertz CT molecular complexity index is 577. The van der Waals surface area contributed by atoms with E-state index in [9.17, 15) is 0 Å². The highest BCUT2D eigenvalue weighted by atomic mass is 16.5. The summed E-state index contributed by atoms with van der Waals surface area (Å²) in [5.74, 6) is 0.927. The van der Waals surface area contributed by atoms with E-state index in [0.717, 1.165) is 12.3 Å². The van der Waals surface area contributed by atoms with Crippen molar-refractivity contribution in [1.29, 1.82) is 0 Å². The Morgan fingerprint density at radius 1 is 1.05 bits per heavy atom. The molecule has 0 aliphatic rings. The SMILES string of the molecule is CCNC(c1ccc(C)c(C)c1)c1ccccc1OC. The number of ether oxygens (including phenoxy) is 1. The van der Waals surface area contributed by atoms with E-state index < -0.39 is 0 Å². The van der Waals surface area contributed by atoms with Gasteiger partial charge in [-0.3, -0.25) is 0 Å². The van der Waals surface area contributed by atoms with Gasteiger partial charge in [0.15, 0.2) is 0 Å².